The molecule has 0 unspecified atom stereocenters. The minimum atomic E-state index is 0.175. The van der Waals surface area contributed by atoms with Gasteiger partial charge in [0.1, 0.15) is 0 Å². The van der Waals surface area contributed by atoms with Gasteiger partial charge in [0.05, 0.1) is 18.8 Å². The molecule has 1 aromatic rings. The normalized spacial score (nSPS) is 26.2. The number of hydrogen-bond donors (Lipinski definition) is 0. The van der Waals surface area contributed by atoms with E-state index in [9.17, 15) is 4.79 Å². The van der Waals surface area contributed by atoms with E-state index in [4.69, 9.17) is 9.26 Å². The second kappa shape index (κ2) is 5.79. The van der Waals surface area contributed by atoms with Gasteiger partial charge in [0, 0.05) is 31.1 Å². The highest BCUT2D eigenvalue weighted by Crippen LogP contribution is 2.38. The average molecular weight is 292 g/mol. The van der Waals surface area contributed by atoms with Crippen molar-refractivity contribution in [1.29, 1.82) is 0 Å². The van der Waals surface area contributed by atoms with Crippen molar-refractivity contribution in [2.45, 2.75) is 46.1 Å². The van der Waals surface area contributed by atoms with Crippen molar-refractivity contribution >= 4 is 5.91 Å². The number of likely N-dealkylation sites (tertiary alicyclic amines) is 1. The highest BCUT2D eigenvalue weighted by Gasteiger charge is 2.41. The molecule has 116 valence electrons. The molecule has 0 aliphatic carbocycles. The first kappa shape index (κ1) is 14.6. The monoisotopic (exact) mass is 292 g/mol. The third-order valence-corrected chi connectivity index (χ3v) is 4.50. The maximum absolute atomic E-state index is 12.1. The molecule has 0 N–H and O–H groups in total. The van der Waals surface area contributed by atoms with Crippen LogP contribution in [0.2, 0.25) is 0 Å². The zero-order chi connectivity index (χ0) is 14.9. The van der Waals surface area contributed by atoms with Crippen LogP contribution in [0.5, 0.6) is 0 Å². The van der Waals surface area contributed by atoms with E-state index in [0.717, 1.165) is 50.5 Å². The van der Waals surface area contributed by atoms with E-state index in [0.29, 0.717) is 18.9 Å². The highest BCUT2D eigenvalue weighted by molar-refractivity contribution is 5.77. The van der Waals surface area contributed by atoms with E-state index in [1.807, 2.05) is 11.0 Å². The summed E-state index contributed by atoms with van der Waals surface area (Å²) in [5, 5.41) is 4.10. The van der Waals surface area contributed by atoms with Crippen LogP contribution in [0.4, 0.5) is 0 Å². The number of hydrogen-bond acceptors (Lipinski definition) is 4. The van der Waals surface area contributed by atoms with Crippen molar-refractivity contribution in [1.82, 2.24) is 10.1 Å². The van der Waals surface area contributed by atoms with Crippen LogP contribution >= 0.6 is 0 Å². The molecule has 2 aliphatic rings. The minimum Gasteiger partial charge on any atom is -0.381 e. The molecular weight excluding hydrogens is 268 g/mol. The first-order valence-corrected chi connectivity index (χ1v) is 7.86. The predicted molar refractivity (Wildman–Crippen MR) is 77.6 cm³/mol. The summed E-state index contributed by atoms with van der Waals surface area (Å²) >= 11 is 0. The van der Waals surface area contributed by atoms with Gasteiger partial charge < -0.3 is 14.2 Å². The standard InChI is InChI=1S/C16H24N2O3/c1-12(2)7-13-8-14(21-17-13)9-18-10-16(4-3-15(18)19)5-6-20-11-16/h8,12H,3-7,9-11H2,1-2H3/t16-/m1/s1. The third kappa shape index (κ3) is 3.28. The first-order chi connectivity index (χ1) is 10.1. The summed E-state index contributed by atoms with van der Waals surface area (Å²) in [5.74, 6) is 1.56. The molecule has 21 heavy (non-hydrogen) atoms. The number of amides is 1. The Kier molecular flexibility index (Phi) is 4.02. The van der Waals surface area contributed by atoms with Crippen LogP contribution in [0.3, 0.4) is 0 Å². The SMILES string of the molecule is CC(C)Cc1cc(CN2C[C@]3(CCOC3)CCC2=O)on1. The third-order valence-electron chi connectivity index (χ3n) is 4.50. The lowest BCUT2D eigenvalue weighted by atomic mass is 9.79. The van der Waals surface area contributed by atoms with Gasteiger partial charge in [-0.15, -0.1) is 0 Å². The molecule has 1 atom stereocenters. The zero-order valence-corrected chi connectivity index (χ0v) is 12.9. The van der Waals surface area contributed by atoms with Crippen LogP contribution in [0, 0.1) is 11.3 Å². The lowest BCUT2D eigenvalue weighted by Gasteiger charge is -2.38. The number of carbonyl (C=O) groups is 1. The Labute approximate surface area is 125 Å². The van der Waals surface area contributed by atoms with E-state index in [1.165, 1.54) is 0 Å². The van der Waals surface area contributed by atoms with Gasteiger partial charge in [-0.25, -0.2) is 0 Å². The largest absolute Gasteiger partial charge is 0.381 e. The quantitative estimate of drug-likeness (QED) is 0.855. The van der Waals surface area contributed by atoms with Crippen molar-refractivity contribution in [2.75, 3.05) is 19.8 Å². The molecule has 0 bridgehead atoms. The summed E-state index contributed by atoms with van der Waals surface area (Å²) in [6, 6.07) is 1.99. The first-order valence-electron chi connectivity index (χ1n) is 7.86. The van der Waals surface area contributed by atoms with Crippen LogP contribution in [0.15, 0.2) is 10.6 Å². The summed E-state index contributed by atoms with van der Waals surface area (Å²) in [6.07, 6.45) is 3.55. The molecule has 2 aliphatic heterocycles. The lowest BCUT2D eigenvalue weighted by Crippen LogP contribution is -2.46. The molecule has 1 aromatic heterocycles. The van der Waals surface area contributed by atoms with Crippen molar-refractivity contribution in [3.05, 3.63) is 17.5 Å². The van der Waals surface area contributed by atoms with Gasteiger partial charge in [-0.3, -0.25) is 4.79 Å². The zero-order valence-electron chi connectivity index (χ0n) is 12.9. The van der Waals surface area contributed by atoms with Gasteiger partial charge in [-0.2, -0.15) is 0 Å². The van der Waals surface area contributed by atoms with Gasteiger partial charge in [-0.05, 0) is 25.2 Å². The Morgan fingerprint density at radius 3 is 3.00 bits per heavy atom. The molecule has 2 saturated heterocycles. The Balaban J connectivity index is 1.65. The number of carbonyl (C=O) groups excluding carboxylic acids is 1. The summed E-state index contributed by atoms with van der Waals surface area (Å²) in [6.45, 7) is 7.24. The molecule has 2 fully saturated rings. The van der Waals surface area contributed by atoms with Crippen LogP contribution in [-0.2, 0) is 22.5 Å². The summed E-state index contributed by atoms with van der Waals surface area (Å²) in [7, 11) is 0. The fourth-order valence-corrected chi connectivity index (χ4v) is 3.35. The van der Waals surface area contributed by atoms with E-state index in [2.05, 4.69) is 19.0 Å². The molecule has 3 rings (SSSR count). The topological polar surface area (TPSA) is 55.6 Å². The number of nitrogens with zero attached hydrogens (tertiary/aromatic N) is 2. The van der Waals surface area contributed by atoms with Gasteiger partial charge in [0.15, 0.2) is 5.76 Å². The average Bonchev–Trinajstić information content (AvgIpc) is 3.04. The maximum Gasteiger partial charge on any atom is 0.223 e. The molecule has 5 nitrogen and oxygen atoms in total. The van der Waals surface area contributed by atoms with Crippen molar-refractivity contribution in [3.8, 4) is 0 Å². The smallest absolute Gasteiger partial charge is 0.223 e. The lowest BCUT2D eigenvalue weighted by molar-refractivity contribution is -0.138. The molecular formula is C16H24N2O3. The van der Waals surface area contributed by atoms with E-state index in [1.54, 1.807) is 0 Å². The predicted octanol–water partition coefficient (Wildman–Crippen LogP) is 2.40. The Morgan fingerprint density at radius 2 is 2.29 bits per heavy atom. The Hall–Kier alpha value is -1.36. The summed E-state index contributed by atoms with van der Waals surface area (Å²) < 4.78 is 10.9. The highest BCUT2D eigenvalue weighted by atomic mass is 16.5. The summed E-state index contributed by atoms with van der Waals surface area (Å²) in [4.78, 5) is 14.1. The van der Waals surface area contributed by atoms with Gasteiger partial charge in [0.2, 0.25) is 5.91 Å². The number of ether oxygens (including phenoxy) is 1. The number of rotatable bonds is 4. The number of piperidine rings is 1. The molecule has 1 spiro atoms. The molecule has 0 radical (unpaired) electrons. The van der Waals surface area contributed by atoms with Crippen LogP contribution in [0.1, 0.15) is 44.6 Å². The van der Waals surface area contributed by atoms with Crippen molar-refractivity contribution < 1.29 is 14.1 Å². The maximum atomic E-state index is 12.1. The van der Waals surface area contributed by atoms with Crippen LogP contribution in [0.25, 0.3) is 0 Å². The van der Waals surface area contributed by atoms with E-state index >= 15 is 0 Å². The van der Waals surface area contributed by atoms with Gasteiger partial charge >= 0.3 is 0 Å². The molecule has 1 amide bonds. The van der Waals surface area contributed by atoms with Crippen molar-refractivity contribution in [3.63, 3.8) is 0 Å². The molecule has 3 heterocycles. The van der Waals surface area contributed by atoms with E-state index < -0.39 is 0 Å². The Bertz CT molecular complexity index is 503. The van der Waals surface area contributed by atoms with Crippen LogP contribution in [-0.4, -0.2) is 35.7 Å². The minimum absolute atomic E-state index is 0.175. The fourth-order valence-electron chi connectivity index (χ4n) is 3.35. The Morgan fingerprint density at radius 1 is 1.43 bits per heavy atom. The number of aromatic nitrogens is 1. The van der Waals surface area contributed by atoms with Crippen LogP contribution < -0.4 is 0 Å². The molecule has 0 saturated carbocycles. The second-order valence-electron chi connectivity index (χ2n) is 6.93. The molecule has 5 heteroatoms. The van der Waals surface area contributed by atoms with Gasteiger partial charge in [0.25, 0.3) is 0 Å². The summed E-state index contributed by atoms with van der Waals surface area (Å²) in [5.41, 5.74) is 1.15. The fraction of sp³-hybridized carbons (Fsp3) is 0.750. The second-order valence-corrected chi connectivity index (χ2v) is 6.93. The van der Waals surface area contributed by atoms with Gasteiger partial charge in [-0.1, -0.05) is 19.0 Å². The van der Waals surface area contributed by atoms with E-state index in [-0.39, 0.29) is 11.3 Å². The van der Waals surface area contributed by atoms with Crippen molar-refractivity contribution in [2.24, 2.45) is 11.3 Å². The molecule has 0 aromatic carbocycles.